The fraction of sp³-hybridized carbons (Fsp3) is 0.111. The van der Waals surface area contributed by atoms with Gasteiger partial charge in [0, 0.05) is 23.1 Å². The Labute approximate surface area is 100 Å². The summed E-state index contributed by atoms with van der Waals surface area (Å²) >= 11 is 9.15. The van der Waals surface area contributed by atoms with E-state index in [0.717, 1.165) is 10.0 Å². The molecule has 2 heterocycles. The number of hydrogen-bond donors (Lipinski definition) is 1. The number of hydrogen-bond acceptors (Lipinski definition) is 3. The fourth-order valence-corrected chi connectivity index (χ4v) is 1.79. The van der Waals surface area contributed by atoms with E-state index < -0.39 is 0 Å². The number of rotatable bonds is 2. The molecule has 0 saturated heterocycles. The van der Waals surface area contributed by atoms with Crippen molar-refractivity contribution in [3.8, 4) is 0 Å². The summed E-state index contributed by atoms with van der Waals surface area (Å²) in [7, 11) is 0. The molecule has 0 aliphatic rings. The first-order valence-electron chi connectivity index (χ1n) is 4.23. The highest BCUT2D eigenvalue weighted by Crippen LogP contribution is 2.17. The van der Waals surface area contributed by atoms with E-state index in [1.807, 2.05) is 6.07 Å². The zero-order valence-corrected chi connectivity index (χ0v) is 10.0. The Morgan fingerprint density at radius 1 is 1.47 bits per heavy atom. The number of anilines is 1. The van der Waals surface area contributed by atoms with Crippen LogP contribution in [0.1, 0.15) is 5.56 Å². The van der Waals surface area contributed by atoms with Gasteiger partial charge in [-0.3, -0.25) is 9.67 Å². The zero-order chi connectivity index (χ0) is 10.8. The van der Waals surface area contributed by atoms with E-state index in [1.165, 1.54) is 0 Å². The van der Waals surface area contributed by atoms with Gasteiger partial charge in [0.25, 0.3) is 0 Å². The van der Waals surface area contributed by atoms with Gasteiger partial charge in [-0.25, -0.2) is 0 Å². The smallest absolute Gasteiger partial charge is 0.164 e. The summed E-state index contributed by atoms with van der Waals surface area (Å²) in [6, 6.07) is 1.97. The van der Waals surface area contributed by atoms with E-state index in [-0.39, 0.29) is 0 Å². The third-order valence-corrected chi connectivity index (χ3v) is 2.57. The van der Waals surface area contributed by atoms with Crippen molar-refractivity contribution < 1.29 is 0 Å². The maximum atomic E-state index is 5.79. The number of nitrogens with zero attached hydrogens (tertiary/aromatic N) is 3. The van der Waals surface area contributed by atoms with Crippen LogP contribution in [0.15, 0.2) is 29.1 Å². The van der Waals surface area contributed by atoms with Crippen molar-refractivity contribution in [1.82, 2.24) is 14.8 Å². The fourth-order valence-electron chi connectivity index (χ4n) is 1.22. The molecule has 2 rings (SSSR count). The molecule has 0 fully saturated rings. The molecular formula is C9H8BrClN4. The van der Waals surface area contributed by atoms with E-state index in [1.54, 1.807) is 23.3 Å². The van der Waals surface area contributed by atoms with Gasteiger partial charge in [0.2, 0.25) is 0 Å². The average Bonchev–Trinajstić information content (AvgIpc) is 2.45. The Morgan fingerprint density at radius 2 is 2.27 bits per heavy atom. The first-order chi connectivity index (χ1) is 7.15. The lowest BCUT2D eigenvalue weighted by atomic mass is 10.3. The Kier molecular flexibility index (Phi) is 2.93. The molecule has 0 aliphatic heterocycles. The lowest BCUT2D eigenvalue weighted by Crippen LogP contribution is -2.01. The minimum atomic E-state index is 0.347. The molecule has 2 aromatic rings. The molecule has 0 saturated carbocycles. The van der Waals surface area contributed by atoms with Gasteiger partial charge in [0.05, 0.1) is 6.54 Å². The van der Waals surface area contributed by atoms with Gasteiger partial charge in [0.1, 0.15) is 5.02 Å². The van der Waals surface area contributed by atoms with Crippen molar-refractivity contribution in [2.24, 2.45) is 0 Å². The molecule has 0 amide bonds. The van der Waals surface area contributed by atoms with Crippen molar-refractivity contribution in [2.75, 3.05) is 5.73 Å². The van der Waals surface area contributed by atoms with Crippen molar-refractivity contribution >= 4 is 33.3 Å². The molecule has 2 N–H and O–H groups in total. The average molecular weight is 288 g/mol. The third kappa shape index (κ3) is 2.49. The molecule has 0 aliphatic carbocycles. The number of pyridine rings is 1. The van der Waals surface area contributed by atoms with Gasteiger partial charge < -0.3 is 5.73 Å². The second kappa shape index (κ2) is 4.20. The zero-order valence-electron chi connectivity index (χ0n) is 7.69. The molecule has 0 atom stereocenters. The summed E-state index contributed by atoms with van der Waals surface area (Å²) in [5.41, 5.74) is 6.57. The molecular weight excluding hydrogens is 279 g/mol. The highest BCUT2D eigenvalue weighted by molar-refractivity contribution is 9.10. The minimum Gasteiger partial charge on any atom is -0.381 e. The quantitative estimate of drug-likeness (QED) is 0.922. The number of nitrogens with two attached hydrogens (primary N) is 1. The summed E-state index contributed by atoms with van der Waals surface area (Å²) in [6.07, 6.45) is 5.20. The number of nitrogen functional groups attached to an aromatic ring is 1. The lowest BCUT2D eigenvalue weighted by molar-refractivity contribution is 0.688. The molecule has 0 unspecified atom stereocenters. The molecule has 15 heavy (non-hydrogen) atoms. The van der Waals surface area contributed by atoms with Gasteiger partial charge in [0.15, 0.2) is 5.82 Å². The Bertz CT molecular complexity index is 463. The summed E-state index contributed by atoms with van der Waals surface area (Å²) in [5, 5.41) is 4.52. The second-order valence-electron chi connectivity index (χ2n) is 3.07. The molecule has 78 valence electrons. The van der Waals surface area contributed by atoms with E-state index in [9.17, 15) is 0 Å². The van der Waals surface area contributed by atoms with Crippen LogP contribution in [0.2, 0.25) is 5.02 Å². The first kappa shape index (κ1) is 10.4. The van der Waals surface area contributed by atoms with Crippen LogP contribution in [0, 0.1) is 0 Å². The predicted octanol–water partition coefficient (Wildman–Crippen LogP) is 2.32. The summed E-state index contributed by atoms with van der Waals surface area (Å²) in [4.78, 5) is 4.06. The molecule has 4 nitrogen and oxygen atoms in total. The summed E-state index contributed by atoms with van der Waals surface area (Å²) in [5.74, 6) is 0.347. The van der Waals surface area contributed by atoms with Crippen molar-refractivity contribution in [3.05, 3.63) is 39.7 Å². The van der Waals surface area contributed by atoms with Crippen LogP contribution >= 0.6 is 27.5 Å². The highest BCUT2D eigenvalue weighted by Gasteiger charge is 2.03. The van der Waals surface area contributed by atoms with E-state index >= 15 is 0 Å². The largest absolute Gasteiger partial charge is 0.381 e. The Morgan fingerprint density at radius 3 is 2.87 bits per heavy atom. The van der Waals surface area contributed by atoms with Crippen LogP contribution < -0.4 is 5.73 Å². The third-order valence-electron chi connectivity index (χ3n) is 1.85. The van der Waals surface area contributed by atoms with Gasteiger partial charge in [-0.15, -0.1) is 0 Å². The van der Waals surface area contributed by atoms with Crippen LogP contribution in [0.25, 0.3) is 0 Å². The van der Waals surface area contributed by atoms with Crippen molar-refractivity contribution in [3.63, 3.8) is 0 Å². The first-order valence-corrected chi connectivity index (χ1v) is 5.40. The van der Waals surface area contributed by atoms with Crippen molar-refractivity contribution in [1.29, 1.82) is 0 Å². The second-order valence-corrected chi connectivity index (χ2v) is 4.39. The number of halogens is 2. The highest BCUT2D eigenvalue weighted by atomic mass is 79.9. The Balaban J connectivity index is 2.22. The van der Waals surface area contributed by atoms with Crippen LogP contribution in [-0.2, 0) is 6.54 Å². The molecule has 2 aromatic heterocycles. The van der Waals surface area contributed by atoms with Gasteiger partial charge >= 0.3 is 0 Å². The standard InChI is InChI=1S/C9H8BrClN4/c10-7-1-6(2-13-3-7)4-15-5-8(11)9(12)14-15/h1-3,5H,4H2,(H2,12,14). The number of aromatic nitrogens is 3. The molecule has 0 aromatic carbocycles. The van der Waals surface area contributed by atoms with Gasteiger partial charge in [-0.1, -0.05) is 11.6 Å². The van der Waals surface area contributed by atoms with Gasteiger partial charge in [-0.2, -0.15) is 5.10 Å². The SMILES string of the molecule is Nc1nn(Cc2cncc(Br)c2)cc1Cl. The Hall–Kier alpha value is -1.07. The van der Waals surface area contributed by atoms with E-state index in [2.05, 4.69) is 26.0 Å². The lowest BCUT2D eigenvalue weighted by Gasteiger charge is -2.01. The molecule has 6 heteroatoms. The normalized spacial score (nSPS) is 10.5. The maximum absolute atomic E-state index is 5.79. The maximum Gasteiger partial charge on any atom is 0.164 e. The van der Waals surface area contributed by atoms with Crippen LogP contribution in [-0.4, -0.2) is 14.8 Å². The predicted molar refractivity (Wildman–Crippen MR) is 62.7 cm³/mol. The van der Waals surface area contributed by atoms with E-state index in [0.29, 0.717) is 17.4 Å². The van der Waals surface area contributed by atoms with Gasteiger partial charge in [-0.05, 0) is 27.6 Å². The monoisotopic (exact) mass is 286 g/mol. The molecule has 0 radical (unpaired) electrons. The van der Waals surface area contributed by atoms with Crippen LogP contribution in [0.5, 0.6) is 0 Å². The molecule has 0 bridgehead atoms. The van der Waals surface area contributed by atoms with Crippen LogP contribution in [0.4, 0.5) is 5.82 Å². The van der Waals surface area contributed by atoms with Crippen molar-refractivity contribution in [2.45, 2.75) is 6.54 Å². The van der Waals surface area contributed by atoms with E-state index in [4.69, 9.17) is 17.3 Å². The van der Waals surface area contributed by atoms with Crippen LogP contribution in [0.3, 0.4) is 0 Å². The molecule has 0 spiro atoms. The minimum absolute atomic E-state index is 0.347. The topological polar surface area (TPSA) is 56.7 Å². The summed E-state index contributed by atoms with van der Waals surface area (Å²) < 4.78 is 2.62. The summed E-state index contributed by atoms with van der Waals surface area (Å²) in [6.45, 7) is 0.601.